The zero-order valence-electron chi connectivity index (χ0n) is 12.6. The van der Waals surface area contributed by atoms with E-state index in [0.29, 0.717) is 0 Å². The van der Waals surface area contributed by atoms with Crippen LogP contribution in [0, 0.1) is 0 Å². The van der Waals surface area contributed by atoms with Crippen molar-refractivity contribution in [1.29, 1.82) is 0 Å². The number of nitrogens with one attached hydrogen (secondary N) is 1. The van der Waals surface area contributed by atoms with Crippen LogP contribution in [0.2, 0.25) is 0 Å². The topological polar surface area (TPSA) is 75.4 Å². The predicted molar refractivity (Wildman–Crippen MR) is 87.6 cm³/mol. The van der Waals surface area contributed by atoms with Crippen molar-refractivity contribution in [3.63, 3.8) is 0 Å². The Morgan fingerprint density at radius 1 is 0.864 bits per heavy atom. The molecule has 0 saturated heterocycles. The van der Waals surface area contributed by atoms with Gasteiger partial charge in [0.1, 0.15) is 0 Å². The highest BCUT2D eigenvalue weighted by molar-refractivity contribution is 5.77. The third-order valence-electron chi connectivity index (χ3n) is 3.67. The van der Waals surface area contributed by atoms with Gasteiger partial charge in [0.15, 0.2) is 0 Å². The summed E-state index contributed by atoms with van der Waals surface area (Å²) in [7, 11) is 0. The van der Waals surface area contributed by atoms with Gasteiger partial charge in [-0.05, 0) is 54.5 Å². The summed E-state index contributed by atoms with van der Waals surface area (Å²) in [5, 5.41) is 8.50. The maximum atomic E-state index is 11.1. The summed E-state index contributed by atoms with van der Waals surface area (Å²) in [6.07, 6.45) is 4.56. The fraction of sp³-hybridized carbons (Fsp3) is 0.278. The summed E-state index contributed by atoms with van der Waals surface area (Å²) in [4.78, 5) is 11.1. The summed E-state index contributed by atoms with van der Waals surface area (Å²) >= 11 is 0. The van der Waals surface area contributed by atoms with Crippen molar-refractivity contribution in [2.45, 2.75) is 32.1 Å². The van der Waals surface area contributed by atoms with Gasteiger partial charge in [-0.15, -0.1) is 0 Å². The van der Waals surface area contributed by atoms with Gasteiger partial charge in [0, 0.05) is 5.69 Å². The van der Waals surface area contributed by atoms with E-state index in [-0.39, 0.29) is 6.42 Å². The fourth-order valence-electron chi connectivity index (χ4n) is 2.39. The summed E-state index contributed by atoms with van der Waals surface area (Å²) in [6.45, 7) is 0. The lowest BCUT2D eigenvalue weighted by Gasteiger charge is -2.05. The van der Waals surface area contributed by atoms with E-state index in [1.54, 1.807) is 5.48 Å². The second-order valence-corrected chi connectivity index (χ2v) is 5.48. The van der Waals surface area contributed by atoms with Crippen LogP contribution in [0.15, 0.2) is 48.5 Å². The van der Waals surface area contributed by atoms with Crippen LogP contribution < -0.4 is 11.2 Å². The Balaban J connectivity index is 1.72. The molecule has 0 bridgehead atoms. The molecular weight excluding hydrogens is 276 g/mol. The van der Waals surface area contributed by atoms with Crippen LogP contribution in [-0.4, -0.2) is 11.1 Å². The normalized spacial score (nSPS) is 10.4. The average Bonchev–Trinajstić information content (AvgIpc) is 2.54. The summed E-state index contributed by atoms with van der Waals surface area (Å²) in [6, 6.07) is 16.0. The number of nitrogens with two attached hydrogens (primary N) is 1. The van der Waals surface area contributed by atoms with E-state index in [0.717, 1.165) is 36.9 Å². The summed E-state index contributed by atoms with van der Waals surface area (Å²) < 4.78 is 0. The minimum absolute atomic E-state index is 0.202. The molecule has 1 amide bonds. The fourth-order valence-corrected chi connectivity index (χ4v) is 2.39. The molecule has 0 aliphatic heterocycles. The molecule has 2 rings (SSSR count). The molecule has 0 spiro atoms. The number of unbranched alkanes of at least 4 members (excludes halogenated alkanes) is 1. The Morgan fingerprint density at radius 2 is 1.32 bits per heavy atom. The first kappa shape index (κ1) is 16.0. The molecule has 0 aromatic heterocycles. The van der Waals surface area contributed by atoms with Crippen LogP contribution in [0.1, 0.15) is 29.5 Å². The van der Waals surface area contributed by atoms with Crippen molar-refractivity contribution in [2.75, 3.05) is 5.73 Å². The first-order valence-corrected chi connectivity index (χ1v) is 7.52. The van der Waals surface area contributed by atoms with Crippen LogP contribution in [-0.2, 0) is 24.1 Å². The number of nitrogen functional groups attached to an aromatic ring is 1. The molecule has 2 aromatic carbocycles. The van der Waals surface area contributed by atoms with Crippen LogP contribution in [0.5, 0.6) is 0 Å². The molecule has 4 nitrogen and oxygen atoms in total. The van der Waals surface area contributed by atoms with Crippen molar-refractivity contribution < 1.29 is 10.0 Å². The van der Waals surface area contributed by atoms with Gasteiger partial charge in [0.25, 0.3) is 0 Å². The zero-order chi connectivity index (χ0) is 15.8. The van der Waals surface area contributed by atoms with Crippen LogP contribution in [0.4, 0.5) is 5.69 Å². The Labute approximate surface area is 130 Å². The first-order valence-electron chi connectivity index (χ1n) is 7.52. The Hall–Kier alpha value is -2.33. The molecule has 2 aromatic rings. The molecule has 0 heterocycles. The number of rotatable bonds is 7. The molecule has 22 heavy (non-hydrogen) atoms. The van der Waals surface area contributed by atoms with Gasteiger partial charge in [0.2, 0.25) is 5.91 Å². The van der Waals surface area contributed by atoms with Crippen molar-refractivity contribution >= 4 is 11.6 Å². The Bertz CT molecular complexity index is 591. The van der Waals surface area contributed by atoms with Gasteiger partial charge < -0.3 is 5.73 Å². The van der Waals surface area contributed by atoms with Gasteiger partial charge in [-0.2, -0.15) is 0 Å². The number of carbonyl (C=O) groups is 1. The summed E-state index contributed by atoms with van der Waals surface area (Å²) in [5.41, 5.74) is 11.6. The molecule has 0 unspecified atom stereocenters. The van der Waals surface area contributed by atoms with E-state index < -0.39 is 5.91 Å². The lowest BCUT2D eigenvalue weighted by molar-refractivity contribution is -0.128. The number of hydrogen-bond acceptors (Lipinski definition) is 3. The Morgan fingerprint density at radius 3 is 1.82 bits per heavy atom. The lowest BCUT2D eigenvalue weighted by atomic mass is 10.0. The maximum Gasteiger partial charge on any atom is 0.247 e. The molecule has 0 atom stereocenters. The third-order valence-corrected chi connectivity index (χ3v) is 3.67. The van der Waals surface area contributed by atoms with Crippen molar-refractivity contribution in [1.82, 2.24) is 5.48 Å². The molecule has 0 aliphatic rings. The van der Waals surface area contributed by atoms with Crippen LogP contribution >= 0.6 is 0 Å². The summed E-state index contributed by atoms with van der Waals surface area (Å²) in [5.74, 6) is -0.392. The van der Waals surface area contributed by atoms with Crippen molar-refractivity contribution in [3.8, 4) is 0 Å². The molecule has 4 N–H and O–H groups in total. The average molecular weight is 298 g/mol. The maximum absolute atomic E-state index is 11.1. The van der Waals surface area contributed by atoms with Gasteiger partial charge in [0.05, 0.1) is 6.42 Å². The zero-order valence-corrected chi connectivity index (χ0v) is 12.6. The van der Waals surface area contributed by atoms with Gasteiger partial charge in [-0.3, -0.25) is 10.0 Å². The first-order chi connectivity index (χ1) is 10.7. The Kier molecular flexibility index (Phi) is 5.98. The minimum atomic E-state index is -0.392. The lowest BCUT2D eigenvalue weighted by Crippen LogP contribution is -2.20. The van der Waals surface area contributed by atoms with E-state index in [1.165, 1.54) is 11.1 Å². The highest BCUT2D eigenvalue weighted by Gasteiger charge is 2.02. The predicted octanol–water partition coefficient (Wildman–Crippen LogP) is 2.88. The molecule has 116 valence electrons. The quantitative estimate of drug-likeness (QED) is 0.318. The van der Waals surface area contributed by atoms with E-state index in [9.17, 15) is 4.79 Å². The number of anilines is 1. The SMILES string of the molecule is Nc1ccc(CCCCc2ccc(CC(=O)NO)cc2)cc1. The molecule has 0 aliphatic carbocycles. The smallest absolute Gasteiger partial charge is 0.247 e. The minimum Gasteiger partial charge on any atom is -0.399 e. The third kappa shape index (κ3) is 5.22. The van der Waals surface area contributed by atoms with Crippen LogP contribution in [0.25, 0.3) is 0 Å². The highest BCUT2D eigenvalue weighted by Crippen LogP contribution is 2.12. The number of aryl methyl sites for hydroxylation is 2. The number of hydrogen-bond donors (Lipinski definition) is 3. The van der Waals surface area contributed by atoms with E-state index >= 15 is 0 Å². The second-order valence-electron chi connectivity index (χ2n) is 5.48. The second kappa shape index (κ2) is 8.20. The van der Waals surface area contributed by atoms with Crippen molar-refractivity contribution in [3.05, 3.63) is 65.2 Å². The number of carbonyl (C=O) groups excluding carboxylic acids is 1. The molecule has 4 heteroatoms. The monoisotopic (exact) mass is 298 g/mol. The molecular formula is C18H22N2O2. The van der Waals surface area contributed by atoms with E-state index in [4.69, 9.17) is 10.9 Å². The van der Waals surface area contributed by atoms with Crippen molar-refractivity contribution in [2.24, 2.45) is 0 Å². The highest BCUT2D eigenvalue weighted by atomic mass is 16.5. The largest absolute Gasteiger partial charge is 0.399 e. The van der Waals surface area contributed by atoms with Gasteiger partial charge in [-0.1, -0.05) is 36.4 Å². The van der Waals surface area contributed by atoms with Gasteiger partial charge in [-0.25, -0.2) is 5.48 Å². The van der Waals surface area contributed by atoms with E-state index in [2.05, 4.69) is 12.1 Å². The number of benzene rings is 2. The molecule has 0 saturated carbocycles. The van der Waals surface area contributed by atoms with E-state index in [1.807, 2.05) is 36.4 Å². The number of hydroxylamine groups is 1. The van der Waals surface area contributed by atoms with Gasteiger partial charge >= 0.3 is 0 Å². The number of amides is 1. The standard InChI is InChI=1S/C18H22N2O2/c19-17-11-9-15(10-12-17)4-2-1-3-14-5-7-16(8-6-14)13-18(21)20-22/h5-12,22H,1-4,13,19H2,(H,20,21). The molecule has 0 fully saturated rings. The molecule has 0 radical (unpaired) electrons. The van der Waals surface area contributed by atoms with Crippen LogP contribution in [0.3, 0.4) is 0 Å².